The maximum Gasteiger partial charge on any atom is -0.0708 e. The fourth-order valence-electron chi connectivity index (χ4n) is 2.25. The minimum absolute atomic E-state index is 0.0833. The van der Waals surface area contributed by atoms with Gasteiger partial charge < -0.3 is 30.6 Å². The molecule has 21 heavy (non-hydrogen) atoms. The predicted octanol–water partition coefficient (Wildman–Crippen LogP) is 4.32. The molecular formula is C17H27NS2Zn. The summed E-state index contributed by atoms with van der Waals surface area (Å²) >= 11 is 9.56. The van der Waals surface area contributed by atoms with Crippen molar-refractivity contribution in [3.63, 3.8) is 0 Å². The molecule has 0 spiro atoms. The van der Waals surface area contributed by atoms with Crippen LogP contribution >= 0.6 is 12.2 Å². The van der Waals surface area contributed by atoms with Crippen LogP contribution in [0.4, 0.5) is 0 Å². The Morgan fingerprint density at radius 3 is 2.05 bits per heavy atom. The molecule has 114 valence electrons. The van der Waals surface area contributed by atoms with E-state index < -0.39 is 0 Å². The van der Waals surface area contributed by atoms with Gasteiger partial charge in [0.05, 0.1) is 0 Å². The number of hydrogen-bond donors (Lipinski definition) is 1. The number of unbranched alkanes of at least 4 members (excludes halogenated alkanes) is 7. The number of hydrogen-bond acceptors (Lipinski definition) is 2. The van der Waals surface area contributed by atoms with Gasteiger partial charge in [-0.05, 0) is 0 Å². The van der Waals surface area contributed by atoms with Crippen LogP contribution in [0.15, 0.2) is 24.3 Å². The molecule has 0 aliphatic rings. The SMILES string of the molecule is CCCCCCCCCCc1cccc[c]1[Zn+].NC(=S)[S-]. The van der Waals surface area contributed by atoms with Gasteiger partial charge in [-0.1, -0.05) is 4.32 Å². The van der Waals surface area contributed by atoms with E-state index in [1.54, 1.807) is 9.72 Å². The molecule has 0 radical (unpaired) electrons. The third-order valence-electron chi connectivity index (χ3n) is 3.42. The summed E-state index contributed by atoms with van der Waals surface area (Å²) in [5.74, 6) is 0. The van der Waals surface area contributed by atoms with Gasteiger partial charge in [0.2, 0.25) is 0 Å². The Hall–Kier alpha value is -0.0466. The molecule has 0 aliphatic heterocycles. The summed E-state index contributed by atoms with van der Waals surface area (Å²) in [6, 6.07) is 8.93. The van der Waals surface area contributed by atoms with Crippen LogP contribution in [-0.4, -0.2) is 4.32 Å². The molecule has 0 unspecified atom stereocenters. The Balaban J connectivity index is 0.000000885. The summed E-state index contributed by atoms with van der Waals surface area (Å²) in [7, 11) is 0. The van der Waals surface area contributed by atoms with E-state index in [1.807, 2.05) is 0 Å². The Kier molecular flexibility index (Phi) is 14.8. The van der Waals surface area contributed by atoms with E-state index in [9.17, 15) is 0 Å². The molecule has 0 saturated carbocycles. The van der Waals surface area contributed by atoms with Crippen LogP contribution in [0, 0.1) is 0 Å². The first-order valence-corrected chi connectivity index (χ1v) is 10.2. The summed E-state index contributed by atoms with van der Waals surface area (Å²) in [5.41, 5.74) is 6.25. The van der Waals surface area contributed by atoms with E-state index in [2.05, 4.69) is 61.8 Å². The van der Waals surface area contributed by atoms with Crippen molar-refractivity contribution in [2.45, 2.75) is 64.7 Å². The van der Waals surface area contributed by atoms with Crippen LogP contribution in [0.25, 0.3) is 0 Å². The quantitative estimate of drug-likeness (QED) is 0.302. The van der Waals surface area contributed by atoms with Crippen molar-refractivity contribution < 1.29 is 18.3 Å². The van der Waals surface area contributed by atoms with Crippen LogP contribution in [0.5, 0.6) is 0 Å². The Morgan fingerprint density at radius 1 is 1.05 bits per heavy atom. The molecule has 0 fully saturated rings. The zero-order valence-corrected chi connectivity index (χ0v) is 17.9. The van der Waals surface area contributed by atoms with Crippen LogP contribution in [0.2, 0.25) is 0 Å². The van der Waals surface area contributed by atoms with Gasteiger partial charge in [-0.2, -0.15) is 0 Å². The monoisotopic (exact) mass is 373 g/mol. The Bertz CT molecular complexity index is 379. The molecule has 0 saturated heterocycles. The van der Waals surface area contributed by atoms with E-state index >= 15 is 0 Å². The minimum atomic E-state index is 0.0833. The number of aryl methyl sites for hydroxylation is 1. The third-order valence-corrected chi connectivity index (χ3v) is 4.87. The summed E-state index contributed by atoms with van der Waals surface area (Å²) in [6.07, 6.45) is 12.7. The predicted molar refractivity (Wildman–Crippen MR) is 96.5 cm³/mol. The van der Waals surface area contributed by atoms with Gasteiger partial charge in [0.15, 0.2) is 0 Å². The molecule has 0 aromatic heterocycles. The molecule has 0 atom stereocenters. The van der Waals surface area contributed by atoms with Gasteiger partial charge in [-0.15, -0.1) is 0 Å². The van der Waals surface area contributed by atoms with Crippen LogP contribution < -0.4 is 9.89 Å². The molecule has 4 heteroatoms. The average Bonchev–Trinajstić information content (AvgIpc) is 2.43. The van der Waals surface area contributed by atoms with Gasteiger partial charge >= 0.3 is 117 Å². The van der Waals surface area contributed by atoms with Gasteiger partial charge in [0.1, 0.15) is 0 Å². The van der Waals surface area contributed by atoms with Crippen molar-refractivity contribution in [2.75, 3.05) is 0 Å². The molecular weight excluding hydrogens is 348 g/mol. The summed E-state index contributed by atoms with van der Waals surface area (Å²) in [6.45, 7) is 2.28. The second-order valence-corrected chi connectivity index (χ2v) is 8.05. The van der Waals surface area contributed by atoms with Crippen LogP contribution in [-0.2, 0) is 37.4 Å². The van der Waals surface area contributed by atoms with E-state index in [0.29, 0.717) is 0 Å². The first-order valence-electron chi connectivity index (χ1n) is 7.94. The second kappa shape index (κ2) is 14.9. The largest absolute Gasteiger partial charge is 0.415 e. The summed E-state index contributed by atoms with van der Waals surface area (Å²) < 4.78 is 1.66. The molecule has 0 heterocycles. The normalized spacial score (nSPS) is 9.86. The van der Waals surface area contributed by atoms with E-state index in [1.165, 1.54) is 76.1 Å². The van der Waals surface area contributed by atoms with Crippen LogP contribution in [0.1, 0.15) is 63.9 Å². The van der Waals surface area contributed by atoms with Crippen molar-refractivity contribution in [2.24, 2.45) is 5.73 Å². The van der Waals surface area contributed by atoms with Crippen molar-refractivity contribution in [1.29, 1.82) is 0 Å². The molecule has 1 rings (SSSR count). The Morgan fingerprint density at radius 2 is 1.52 bits per heavy atom. The maximum atomic E-state index is 4.66. The molecule has 0 amide bonds. The average molecular weight is 375 g/mol. The number of thiocarbonyl (C=S) groups is 1. The first kappa shape index (κ1) is 21.0. The fourth-order valence-corrected chi connectivity index (χ4v) is 3.15. The van der Waals surface area contributed by atoms with Crippen molar-refractivity contribution in [1.82, 2.24) is 0 Å². The Labute approximate surface area is 151 Å². The molecule has 0 aliphatic carbocycles. The van der Waals surface area contributed by atoms with Crippen molar-refractivity contribution >= 4 is 33.3 Å². The van der Waals surface area contributed by atoms with Gasteiger partial charge in [0, 0.05) is 0 Å². The topological polar surface area (TPSA) is 26.0 Å². The zero-order valence-electron chi connectivity index (χ0n) is 13.3. The van der Waals surface area contributed by atoms with E-state index in [-0.39, 0.29) is 4.32 Å². The van der Waals surface area contributed by atoms with E-state index in [0.717, 1.165) is 0 Å². The fraction of sp³-hybridized carbons (Fsp3) is 0.588. The molecule has 1 aromatic rings. The van der Waals surface area contributed by atoms with Gasteiger partial charge in [-0.3, -0.25) is 0 Å². The third kappa shape index (κ3) is 14.6. The molecule has 1 aromatic carbocycles. The second-order valence-electron chi connectivity index (χ2n) is 5.31. The minimum Gasteiger partial charge on any atom is -0.415 e. The smallest absolute Gasteiger partial charge is 0.0708 e. The number of benzene rings is 1. The van der Waals surface area contributed by atoms with E-state index in [4.69, 9.17) is 0 Å². The van der Waals surface area contributed by atoms with Gasteiger partial charge in [0.25, 0.3) is 0 Å². The van der Waals surface area contributed by atoms with Crippen molar-refractivity contribution in [3.05, 3.63) is 29.8 Å². The molecule has 0 bridgehead atoms. The number of nitrogens with two attached hydrogens (primary N) is 1. The number of rotatable bonds is 9. The summed E-state index contributed by atoms with van der Waals surface area (Å²) in [5, 5.41) is 0. The standard InChI is InChI=1S/C16H25.CH3NS2.Zn/c1-2-3-4-5-6-7-8-10-13-16-14-11-9-12-15-16;2-1(3)4;/h9,11-12,14H,2-8,10,13H2,1H3;(H3,2,3,4);/q;;+1/p-1. The molecule has 1 nitrogen and oxygen atoms in total. The first-order chi connectivity index (χ1) is 10.1. The maximum absolute atomic E-state index is 4.66. The van der Waals surface area contributed by atoms with Gasteiger partial charge in [-0.25, -0.2) is 0 Å². The van der Waals surface area contributed by atoms with Crippen molar-refractivity contribution in [3.8, 4) is 0 Å². The van der Waals surface area contributed by atoms with Crippen LogP contribution in [0.3, 0.4) is 0 Å². The zero-order chi connectivity index (χ0) is 15.9. The molecule has 2 N–H and O–H groups in total. The summed E-state index contributed by atoms with van der Waals surface area (Å²) in [4.78, 5) is 0.